The van der Waals surface area contributed by atoms with Crippen LogP contribution in [0, 0.1) is 11.3 Å². The summed E-state index contributed by atoms with van der Waals surface area (Å²) in [4.78, 5) is -0.266. The molecular formula is C19H23N3O5S2. The van der Waals surface area contributed by atoms with Crippen molar-refractivity contribution in [3.63, 3.8) is 0 Å². The molecule has 0 bridgehead atoms. The van der Waals surface area contributed by atoms with Gasteiger partial charge in [0.2, 0.25) is 10.0 Å². The third-order valence-corrected chi connectivity index (χ3v) is 7.60. The molecule has 0 aromatic heterocycles. The second-order valence-corrected chi connectivity index (χ2v) is 9.48. The number of sulfonamides is 2. The SMILES string of the molecule is CCOc1ccc(S(=O)(=O)N(CC)CC)cc1NS(=O)(=O)c1ccccc1C#N. The predicted octanol–water partition coefficient (Wildman–Crippen LogP) is 2.79. The molecule has 29 heavy (non-hydrogen) atoms. The standard InChI is InChI=1S/C19H23N3O5S2/c1-4-22(5-2)29(25,26)16-11-12-18(27-6-3)17(13-16)21-28(23,24)19-10-8-7-9-15(19)14-20/h7-13,21H,4-6H2,1-3H3. The monoisotopic (exact) mass is 437 g/mol. The fraction of sp³-hybridized carbons (Fsp3) is 0.316. The van der Waals surface area contributed by atoms with Crippen LogP contribution < -0.4 is 9.46 Å². The van der Waals surface area contributed by atoms with Crippen LogP contribution >= 0.6 is 0 Å². The van der Waals surface area contributed by atoms with Crippen molar-refractivity contribution in [2.24, 2.45) is 0 Å². The Hall–Kier alpha value is -2.61. The van der Waals surface area contributed by atoms with Gasteiger partial charge in [-0.25, -0.2) is 16.8 Å². The fourth-order valence-corrected chi connectivity index (χ4v) is 5.44. The van der Waals surface area contributed by atoms with Gasteiger partial charge in [-0.1, -0.05) is 26.0 Å². The minimum Gasteiger partial charge on any atom is -0.492 e. The largest absolute Gasteiger partial charge is 0.492 e. The van der Waals surface area contributed by atoms with Gasteiger partial charge in [-0.15, -0.1) is 0 Å². The molecule has 0 aliphatic heterocycles. The van der Waals surface area contributed by atoms with Crippen molar-refractivity contribution in [3.8, 4) is 11.8 Å². The zero-order chi connectivity index (χ0) is 21.7. The van der Waals surface area contributed by atoms with Gasteiger partial charge in [0.15, 0.2) is 0 Å². The van der Waals surface area contributed by atoms with Gasteiger partial charge in [-0.2, -0.15) is 9.57 Å². The lowest BCUT2D eigenvalue weighted by molar-refractivity contribution is 0.341. The van der Waals surface area contributed by atoms with Crippen molar-refractivity contribution in [1.29, 1.82) is 5.26 Å². The minimum absolute atomic E-state index is 0.0205. The molecular weight excluding hydrogens is 414 g/mol. The maximum atomic E-state index is 12.9. The first-order valence-electron chi connectivity index (χ1n) is 9.00. The molecule has 0 aliphatic carbocycles. The lowest BCUT2D eigenvalue weighted by Crippen LogP contribution is -2.30. The smallest absolute Gasteiger partial charge is 0.263 e. The minimum atomic E-state index is -4.15. The van der Waals surface area contributed by atoms with E-state index in [9.17, 15) is 22.1 Å². The van der Waals surface area contributed by atoms with Crippen molar-refractivity contribution >= 4 is 25.7 Å². The molecule has 2 rings (SSSR count). The van der Waals surface area contributed by atoms with Crippen molar-refractivity contribution in [2.45, 2.75) is 30.6 Å². The normalized spacial score (nSPS) is 11.8. The van der Waals surface area contributed by atoms with E-state index in [0.717, 1.165) is 0 Å². The Morgan fingerprint density at radius 2 is 1.69 bits per heavy atom. The van der Waals surface area contributed by atoms with Gasteiger partial charge in [0.05, 0.1) is 22.8 Å². The predicted molar refractivity (Wildman–Crippen MR) is 110 cm³/mol. The highest BCUT2D eigenvalue weighted by Crippen LogP contribution is 2.31. The highest BCUT2D eigenvalue weighted by Gasteiger charge is 2.25. The van der Waals surface area contributed by atoms with Crippen LogP contribution in [0.1, 0.15) is 26.3 Å². The Morgan fingerprint density at radius 1 is 1.03 bits per heavy atom. The molecule has 0 spiro atoms. The van der Waals surface area contributed by atoms with E-state index in [1.54, 1.807) is 26.8 Å². The van der Waals surface area contributed by atoms with Crippen LogP contribution in [0.25, 0.3) is 0 Å². The maximum Gasteiger partial charge on any atom is 0.263 e. The third kappa shape index (κ3) is 4.87. The number of nitrogens with one attached hydrogen (secondary N) is 1. The van der Waals surface area contributed by atoms with Crippen LogP contribution in [-0.2, 0) is 20.0 Å². The third-order valence-electron chi connectivity index (χ3n) is 4.14. The van der Waals surface area contributed by atoms with Crippen molar-refractivity contribution in [1.82, 2.24) is 4.31 Å². The molecule has 8 nitrogen and oxygen atoms in total. The Labute approximate surface area is 171 Å². The molecule has 1 N–H and O–H groups in total. The fourth-order valence-electron chi connectivity index (χ4n) is 2.74. The van der Waals surface area contributed by atoms with E-state index in [-0.39, 0.29) is 46.5 Å². The van der Waals surface area contributed by atoms with Crippen molar-refractivity contribution in [2.75, 3.05) is 24.4 Å². The summed E-state index contributed by atoms with van der Waals surface area (Å²) in [6.07, 6.45) is 0. The Balaban J connectivity index is 2.57. The first-order chi connectivity index (χ1) is 13.7. The Bertz CT molecular complexity index is 1120. The summed E-state index contributed by atoms with van der Waals surface area (Å²) in [7, 11) is -7.95. The van der Waals surface area contributed by atoms with E-state index in [1.807, 2.05) is 6.07 Å². The molecule has 156 valence electrons. The molecule has 2 aromatic rings. The van der Waals surface area contributed by atoms with Gasteiger partial charge in [0.25, 0.3) is 10.0 Å². The quantitative estimate of drug-likeness (QED) is 0.645. The van der Waals surface area contributed by atoms with Gasteiger partial charge < -0.3 is 4.74 Å². The Kier molecular flexibility index (Phi) is 7.24. The molecule has 0 amide bonds. The zero-order valence-electron chi connectivity index (χ0n) is 16.4. The van der Waals surface area contributed by atoms with Crippen LogP contribution in [0.2, 0.25) is 0 Å². The second-order valence-electron chi connectivity index (χ2n) is 5.89. The maximum absolute atomic E-state index is 12.9. The topological polar surface area (TPSA) is 117 Å². The average molecular weight is 438 g/mol. The number of hydrogen-bond acceptors (Lipinski definition) is 6. The number of anilines is 1. The summed E-state index contributed by atoms with van der Waals surface area (Å²) < 4.78 is 60.5. The summed E-state index contributed by atoms with van der Waals surface area (Å²) in [5.74, 6) is 0.184. The van der Waals surface area contributed by atoms with E-state index in [2.05, 4.69) is 4.72 Å². The average Bonchev–Trinajstić information content (AvgIpc) is 2.69. The molecule has 0 atom stereocenters. The van der Waals surface area contributed by atoms with E-state index < -0.39 is 20.0 Å². The molecule has 0 unspecified atom stereocenters. The van der Waals surface area contributed by atoms with Crippen molar-refractivity contribution in [3.05, 3.63) is 48.0 Å². The zero-order valence-corrected chi connectivity index (χ0v) is 18.0. The molecule has 0 heterocycles. The summed E-state index contributed by atoms with van der Waals surface area (Å²) in [5, 5.41) is 9.20. The van der Waals surface area contributed by atoms with Gasteiger partial charge in [-0.3, -0.25) is 4.72 Å². The van der Waals surface area contributed by atoms with E-state index >= 15 is 0 Å². The molecule has 0 radical (unpaired) electrons. The highest BCUT2D eigenvalue weighted by molar-refractivity contribution is 7.92. The molecule has 0 fully saturated rings. The molecule has 0 saturated carbocycles. The number of nitriles is 1. The highest BCUT2D eigenvalue weighted by atomic mass is 32.2. The summed E-state index contributed by atoms with van der Waals surface area (Å²) >= 11 is 0. The summed E-state index contributed by atoms with van der Waals surface area (Å²) in [6.45, 7) is 5.98. The number of benzene rings is 2. The Morgan fingerprint density at radius 3 is 2.28 bits per heavy atom. The van der Waals surface area contributed by atoms with Crippen molar-refractivity contribution < 1.29 is 21.6 Å². The van der Waals surface area contributed by atoms with E-state index in [4.69, 9.17) is 4.74 Å². The van der Waals surface area contributed by atoms with Crippen LogP contribution in [0.15, 0.2) is 52.3 Å². The van der Waals surface area contributed by atoms with Crippen LogP contribution in [0.3, 0.4) is 0 Å². The number of hydrogen-bond donors (Lipinski definition) is 1. The van der Waals surface area contributed by atoms with E-state index in [1.165, 1.54) is 40.7 Å². The van der Waals surface area contributed by atoms with Crippen LogP contribution in [0.5, 0.6) is 5.75 Å². The summed E-state index contributed by atoms with van der Waals surface area (Å²) in [6, 6.07) is 11.6. The van der Waals surface area contributed by atoms with Gasteiger partial charge in [0.1, 0.15) is 16.7 Å². The number of rotatable bonds is 9. The van der Waals surface area contributed by atoms with Gasteiger partial charge >= 0.3 is 0 Å². The van der Waals surface area contributed by atoms with Crippen LogP contribution in [-0.4, -0.2) is 40.8 Å². The molecule has 0 aliphatic rings. The molecule has 10 heteroatoms. The summed E-state index contributed by atoms with van der Waals surface area (Å²) in [5.41, 5.74) is -0.0438. The second kappa shape index (κ2) is 9.26. The van der Waals surface area contributed by atoms with Gasteiger partial charge in [-0.05, 0) is 37.3 Å². The molecule has 0 saturated heterocycles. The number of ether oxygens (including phenoxy) is 1. The van der Waals surface area contributed by atoms with E-state index in [0.29, 0.717) is 0 Å². The lowest BCUT2D eigenvalue weighted by Gasteiger charge is -2.20. The molecule has 2 aromatic carbocycles. The van der Waals surface area contributed by atoms with Crippen LogP contribution in [0.4, 0.5) is 5.69 Å². The van der Waals surface area contributed by atoms with Gasteiger partial charge in [0, 0.05) is 13.1 Å². The number of nitrogens with zero attached hydrogens (tertiary/aromatic N) is 2. The first kappa shape index (κ1) is 22.7. The first-order valence-corrected chi connectivity index (χ1v) is 11.9. The lowest BCUT2D eigenvalue weighted by atomic mass is 10.2.